The number of aliphatic carboxylic acids is 3. The SMILES string of the molecule is O=C(O)CC(CC(=O)O)(OC1O[C@H](CO)[C@@H](O)[C@H](O)[C@H]1O)C(=O)O.[H-].[Na+]. The molecule has 7 N–H and O–H groups in total. The molecule has 0 saturated carbocycles. The smallest absolute Gasteiger partial charge is 1.00 e. The van der Waals surface area contributed by atoms with Crippen molar-refractivity contribution in [3.05, 3.63) is 0 Å². The normalized spacial score (nSPS) is 29.5. The summed E-state index contributed by atoms with van der Waals surface area (Å²) in [4.78, 5) is 33.2. The van der Waals surface area contributed by atoms with E-state index >= 15 is 0 Å². The minimum absolute atomic E-state index is 0. The van der Waals surface area contributed by atoms with Crippen LogP contribution in [0.1, 0.15) is 14.3 Å². The average molecular weight is 378 g/mol. The van der Waals surface area contributed by atoms with Crippen molar-refractivity contribution in [2.24, 2.45) is 0 Å². The Labute approximate surface area is 164 Å². The molecule has 140 valence electrons. The van der Waals surface area contributed by atoms with Gasteiger partial charge in [-0.25, -0.2) is 4.79 Å². The second kappa shape index (κ2) is 9.75. The molecule has 0 aromatic carbocycles. The number of aliphatic hydroxyl groups is 4. The van der Waals surface area contributed by atoms with Crippen LogP contribution in [0.15, 0.2) is 0 Å². The first-order chi connectivity index (χ1) is 11.0. The van der Waals surface area contributed by atoms with Gasteiger partial charge in [0.1, 0.15) is 24.4 Å². The Kier molecular flexibility index (Phi) is 9.43. The fourth-order valence-corrected chi connectivity index (χ4v) is 2.22. The fraction of sp³-hybridized carbons (Fsp3) is 0.750. The van der Waals surface area contributed by atoms with Gasteiger partial charge in [0.25, 0.3) is 0 Å². The zero-order valence-electron chi connectivity index (χ0n) is 14.2. The summed E-state index contributed by atoms with van der Waals surface area (Å²) in [6, 6.07) is 0. The fourth-order valence-electron chi connectivity index (χ4n) is 2.22. The van der Waals surface area contributed by atoms with Gasteiger partial charge in [0, 0.05) is 0 Å². The first-order valence-corrected chi connectivity index (χ1v) is 6.69. The van der Waals surface area contributed by atoms with E-state index < -0.39 is 73.7 Å². The van der Waals surface area contributed by atoms with Crippen molar-refractivity contribution in [1.82, 2.24) is 0 Å². The second-order valence-corrected chi connectivity index (χ2v) is 5.26. The zero-order valence-corrected chi connectivity index (χ0v) is 15.2. The van der Waals surface area contributed by atoms with Gasteiger partial charge < -0.3 is 46.6 Å². The van der Waals surface area contributed by atoms with Crippen LogP contribution >= 0.6 is 0 Å². The molecule has 1 aliphatic rings. The van der Waals surface area contributed by atoms with Gasteiger partial charge in [-0.2, -0.15) is 0 Å². The number of hydrogen-bond acceptors (Lipinski definition) is 9. The van der Waals surface area contributed by atoms with E-state index in [1.165, 1.54) is 0 Å². The molecule has 0 spiro atoms. The molecule has 1 unspecified atom stereocenters. The van der Waals surface area contributed by atoms with Crippen LogP contribution in [0.25, 0.3) is 0 Å². The van der Waals surface area contributed by atoms with Crippen LogP contribution in [0.3, 0.4) is 0 Å². The van der Waals surface area contributed by atoms with Crippen LogP contribution in [0.2, 0.25) is 0 Å². The molecule has 0 radical (unpaired) electrons. The summed E-state index contributed by atoms with van der Waals surface area (Å²) in [5, 5.41) is 65.0. The molecular weight excluding hydrogens is 359 g/mol. The number of rotatable bonds is 8. The number of aliphatic hydroxyl groups excluding tert-OH is 4. The zero-order chi connectivity index (χ0) is 18.7. The van der Waals surface area contributed by atoms with Crippen LogP contribution in [0.5, 0.6) is 0 Å². The molecule has 1 rings (SSSR count). The van der Waals surface area contributed by atoms with Gasteiger partial charge in [-0.3, -0.25) is 9.59 Å². The number of carboxylic acids is 3. The third-order valence-electron chi connectivity index (χ3n) is 3.45. The van der Waals surface area contributed by atoms with Crippen molar-refractivity contribution in [3.8, 4) is 0 Å². The molecule has 5 atom stereocenters. The Hall–Kier alpha value is -0.830. The van der Waals surface area contributed by atoms with E-state index in [0.29, 0.717) is 0 Å². The Morgan fingerprint density at radius 2 is 1.44 bits per heavy atom. The third-order valence-corrected chi connectivity index (χ3v) is 3.45. The van der Waals surface area contributed by atoms with Crippen molar-refractivity contribution < 1.29 is 90.6 Å². The van der Waals surface area contributed by atoms with Crippen LogP contribution < -0.4 is 29.6 Å². The largest absolute Gasteiger partial charge is 1.00 e. The number of carboxylic acid groups (broad SMARTS) is 3. The quantitative estimate of drug-likeness (QED) is 0.197. The van der Waals surface area contributed by atoms with Crippen molar-refractivity contribution in [1.29, 1.82) is 0 Å². The Morgan fingerprint density at radius 3 is 1.80 bits per heavy atom. The molecule has 25 heavy (non-hydrogen) atoms. The summed E-state index contributed by atoms with van der Waals surface area (Å²) >= 11 is 0. The maximum atomic E-state index is 11.4. The standard InChI is InChI=1S/C12H18O12.Na.H/c13-3-4-7(18)8(19)9(20)10(23-4)24-12(11(21)22,1-5(14)15)2-6(16)17;;/h4,7-10,13,18-20H,1-3H2,(H,14,15)(H,16,17)(H,21,22);;/q;+1;-1/t4-,7-,8+,9-,10?;;/m1../s1. The summed E-state index contributed by atoms with van der Waals surface area (Å²) in [6.07, 6.45) is -11.6. The predicted octanol–water partition coefficient (Wildman–Crippen LogP) is -6.31. The van der Waals surface area contributed by atoms with Gasteiger partial charge in [0.2, 0.25) is 0 Å². The molecule has 1 fully saturated rings. The van der Waals surface area contributed by atoms with Crippen LogP contribution in [0, 0.1) is 0 Å². The first-order valence-electron chi connectivity index (χ1n) is 6.69. The van der Waals surface area contributed by atoms with E-state index in [4.69, 9.17) is 24.8 Å². The Bertz CT molecular complexity index is 485. The molecule has 0 aliphatic carbocycles. The molecule has 1 saturated heterocycles. The number of ether oxygens (including phenoxy) is 2. The molecule has 0 aromatic heterocycles. The molecule has 0 aromatic rings. The van der Waals surface area contributed by atoms with Crippen LogP contribution in [-0.4, -0.2) is 96.6 Å². The van der Waals surface area contributed by atoms with Gasteiger partial charge in [0.05, 0.1) is 19.4 Å². The number of hydrogen-bond donors (Lipinski definition) is 7. The second-order valence-electron chi connectivity index (χ2n) is 5.26. The van der Waals surface area contributed by atoms with E-state index in [0.717, 1.165) is 0 Å². The Balaban J connectivity index is 0. The Morgan fingerprint density at radius 1 is 0.960 bits per heavy atom. The van der Waals surface area contributed by atoms with E-state index in [1.54, 1.807) is 0 Å². The van der Waals surface area contributed by atoms with Gasteiger partial charge in [0.15, 0.2) is 11.9 Å². The third kappa shape index (κ3) is 5.84. The van der Waals surface area contributed by atoms with E-state index in [-0.39, 0.29) is 31.0 Å². The summed E-state index contributed by atoms with van der Waals surface area (Å²) in [6.45, 7) is -0.831. The van der Waals surface area contributed by atoms with Gasteiger partial charge >= 0.3 is 47.5 Å². The van der Waals surface area contributed by atoms with Crippen LogP contribution in [0.4, 0.5) is 0 Å². The minimum Gasteiger partial charge on any atom is -1.00 e. The molecule has 1 heterocycles. The van der Waals surface area contributed by atoms with Gasteiger partial charge in [-0.15, -0.1) is 0 Å². The van der Waals surface area contributed by atoms with Crippen molar-refractivity contribution >= 4 is 17.9 Å². The maximum Gasteiger partial charge on any atom is 1.00 e. The van der Waals surface area contributed by atoms with E-state index in [1.807, 2.05) is 0 Å². The topological polar surface area (TPSA) is 211 Å². The van der Waals surface area contributed by atoms with Gasteiger partial charge in [-0.1, -0.05) is 0 Å². The monoisotopic (exact) mass is 378 g/mol. The summed E-state index contributed by atoms with van der Waals surface area (Å²) < 4.78 is 9.83. The van der Waals surface area contributed by atoms with Crippen molar-refractivity contribution in [3.63, 3.8) is 0 Å². The molecule has 12 nitrogen and oxygen atoms in total. The van der Waals surface area contributed by atoms with Crippen molar-refractivity contribution in [2.75, 3.05) is 6.61 Å². The maximum absolute atomic E-state index is 11.4. The molecular formula is C12H19NaO12. The molecule has 0 amide bonds. The van der Waals surface area contributed by atoms with E-state index in [2.05, 4.69) is 0 Å². The molecule has 13 heteroatoms. The van der Waals surface area contributed by atoms with Crippen LogP contribution in [-0.2, 0) is 23.9 Å². The summed E-state index contributed by atoms with van der Waals surface area (Å²) in [5.74, 6) is -5.32. The van der Waals surface area contributed by atoms with Crippen molar-refractivity contribution in [2.45, 2.75) is 49.1 Å². The summed E-state index contributed by atoms with van der Waals surface area (Å²) in [5.41, 5.74) is -2.80. The molecule has 1 aliphatic heterocycles. The first kappa shape index (κ1) is 24.2. The van der Waals surface area contributed by atoms with E-state index in [9.17, 15) is 34.8 Å². The average Bonchev–Trinajstić information content (AvgIpc) is 2.46. The predicted molar refractivity (Wildman–Crippen MR) is 70.8 cm³/mol. The molecule has 0 bridgehead atoms. The minimum atomic E-state index is -2.80. The summed E-state index contributed by atoms with van der Waals surface area (Å²) in [7, 11) is 0. The number of carbonyl (C=O) groups is 3. The van der Waals surface area contributed by atoms with Gasteiger partial charge in [-0.05, 0) is 0 Å².